The lowest BCUT2D eigenvalue weighted by molar-refractivity contribution is -0.116. The largest absolute Gasteiger partial charge is 0.494 e. The highest BCUT2D eigenvalue weighted by molar-refractivity contribution is 6.23. The Morgan fingerprint density at radius 3 is 2.54 bits per heavy atom. The zero-order valence-corrected chi connectivity index (χ0v) is 15.7. The van der Waals surface area contributed by atoms with E-state index in [0.717, 1.165) is 46.7 Å². The van der Waals surface area contributed by atoms with E-state index in [-0.39, 0.29) is 17.5 Å². The van der Waals surface area contributed by atoms with Gasteiger partial charge in [-0.3, -0.25) is 9.59 Å². The number of para-hydroxylation sites is 1. The smallest absolute Gasteiger partial charge is 0.192 e. The Morgan fingerprint density at radius 2 is 1.71 bits per heavy atom. The van der Waals surface area contributed by atoms with Crippen molar-refractivity contribution in [2.45, 2.75) is 32.1 Å². The molecular formula is C24H21NO3. The Balaban J connectivity index is 1.76. The normalized spacial score (nSPS) is 20.5. The first kappa shape index (κ1) is 17.0. The molecule has 1 N–H and O–H groups in total. The Bertz CT molecular complexity index is 1080. The van der Waals surface area contributed by atoms with Crippen molar-refractivity contribution in [3.05, 3.63) is 82.1 Å². The number of hydrogen-bond acceptors (Lipinski definition) is 4. The van der Waals surface area contributed by atoms with Gasteiger partial charge in [0.2, 0.25) is 0 Å². The van der Waals surface area contributed by atoms with Crippen LogP contribution in [0.25, 0.3) is 5.70 Å². The van der Waals surface area contributed by atoms with E-state index in [9.17, 15) is 9.59 Å². The number of allylic oxidation sites excluding steroid dienone is 3. The van der Waals surface area contributed by atoms with Gasteiger partial charge in [0.05, 0.1) is 12.3 Å². The van der Waals surface area contributed by atoms with Crippen molar-refractivity contribution in [1.29, 1.82) is 0 Å². The first-order chi connectivity index (χ1) is 13.7. The summed E-state index contributed by atoms with van der Waals surface area (Å²) >= 11 is 0. The van der Waals surface area contributed by atoms with Crippen molar-refractivity contribution in [3.63, 3.8) is 0 Å². The summed E-state index contributed by atoms with van der Waals surface area (Å²) in [7, 11) is 0. The fourth-order valence-electron chi connectivity index (χ4n) is 4.65. The van der Waals surface area contributed by atoms with E-state index in [4.69, 9.17) is 4.74 Å². The van der Waals surface area contributed by atoms with Gasteiger partial charge in [0.1, 0.15) is 5.75 Å². The van der Waals surface area contributed by atoms with E-state index < -0.39 is 0 Å². The van der Waals surface area contributed by atoms with Gasteiger partial charge in [0.15, 0.2) is 11.6 Å². The third-order valence-corrected chi connectivity index (χ3v) is 5.79. The lowest BCUT2D eigenvalue weighted by atomic mass is 9.74. The molecule has 0 radical (unpaired) electrons. The van der Waals surface area contributed by atoms with Crippen LogP contribution in [0.15, 0.2) is 65.4 Å². The van der Waals surface area contributed by atoms with E-state index in [2.05, 4.69) is 5.32 Å². The van der Waals surface area contributed by atoms with Gasteiger partial charge in [-0.2, -0.15) is 0 Å². The number of nitrogens with one attached hydrogen (secondary N) is 1. The minimum atomic E-state index is -0.387. The highest BCUT2D eigenvalue weighted by Crippen LogP contribution is 2.50. The quantitative estimate of drug-likeness (QED) is 0.870. The van der Waals surface area contributed by atoms with Crippen LogP contribution in [0.1, 0.15) is 53.6 Å². The first-order valence-corrected chi connectivity index (χ1v) is 9.84. The standard InChI is InChI=1S/C24H21NO3/c1-2-28-19-13-6-5-10-16(19)20-21-17(11-7-12-18(21)26)25-23-14-8-3-4-9-15(14)24(27)22(20)23/h3-6,8-10,13,20,25H,2,7,11-12H2,1H3/t20-/m1/s1. The van der Waals surface area contributed by atoms with Crippen molar-refractivity contribution in [2.24, 2.45) is 0 Å². The molecule has 28 heavy (non-hydrogen) atoms. The summed E-state index contributed by atoms with van der Waals surface area (Å²) in [5, 5.41) is 3.46. The molecule has 5 rings (SSSR count). The highest BCUT2D eigenvalue weighted by atomic mass is 16.5. The van der Waals surface area contributed by atoms with Crippen molar-refractivity contribution >= 4 is 17.3 Å². The fourth-order valence-corrected chi connectivity index (χ4v) is 4.65. The van der Waals surface area contributed by atoms with E-state index >= 15 is 0 Å². The SMILES string of the molecule is CCOc1ccccc1[C@@H]1C2=C(CCCC2=O)NC2=C1C(=O)c1ccccc12. The average molecular weight is 371 g/mol. The van der Waals surface area contributed by atoms with Gasteiger partial charge in [0, 0.05) is 45.9 Å². The van der Waals surface area contributed by atoms with Crippen molar-refractivity contribution in [3.8, 4) is 5.75 Å². The molecule has 1 heterocycles. The molecule has 0 amide bonds. The third kappa shape index (κ3) is 2.37. The van der Waals surface area contributed by atoms with Crippen LogP contribution in [0.5, 0.6) is 5.75 Å². The molecule has 0 saturated carbocycles. The Labute approximate surface area is 163 Å². The monoisotopic (exact) mass is 371 g/mol. The molecule has 0 saturated heterocycles. The van der Waals surface area contributed by atoms with Crippen LogP contribution in [0.2, 0.25) is 0 Å². The number of hydrogen-bond donors (Lipinski definition) is 1. The number of Topliss-reactive ketones (excluding diaryl/α,β-unsaturated/α-hetero) is 2. The fraction of sp³-hybridized carbons (Fsp3) is 0.250. The zero-order valence-electron chi connectivity index (χ0n) is 15.7. The lowest BCUT2D eigenvalue weighted by Gasteiger charge is -2.33. The second kappa shape index (κ2) is 6.48. The number of ketones is 2. The third-order valence-electron chi connectivity index (χ3n) is 5.79. The molecule has 0 spiro atoms. The molecule has 2 aliphatic carbocycles. The maximum atomic E-state index is 13.4. The summed E-state index contributed by atoms with van der Waals surface area (Å²) in [5.41, 5.74) is 5.72. The molecule has 2 aromatic rings. The van der Waals surface area contributed by atoms with Crippen LogP contribution >= 0.6 is 0 Å². The summed E-state index contributed by atoms with van der Waals surface area (Å²) in [6, 6.07) is 15.4. The van der Waals surface area contributed by atoms with Crippen LogP contribution in [0.4, 0.5) is 0 Å². The van der Waals surface area contributed by atoms with Crippen molar-refractivity contribution in [1.82, 2.24) is 5.32 Å². The molecule has 4 nitrogen and oxygen atoms in total. The number of carbonyl (C=O) groups excluding carboxylic acids is 2. The molecule has 3 aliphatic rings. The minimum Gasteiger partial charge on any atom is -0.494 e. The van der Waals surface area contributed by atoms with Gasteiger partial charge < -0.3 is 10.1 Å². The summed E-state index contributed by atoms with van der Waals surface area (Å²) in [4.78, 5) is 26.4. The van der Waals surface area contributed by atoms with Gasteiger partial charge in [0.25, 0.3) is 0 Å². The predicted molar refractivity (Wildman–Crippen MR) is 107 cm³/mol. The van der Waals surface area contributed by atoms with Gasteiger partial charge in [-0.15, -0.1) is 0 Å². The predicted octanol–water partition coefficient (Wildman–Crippen LogP) is 4.39. The first-order valence-electron chi connectivity index (χ1n) is 9.84. The average Bonchev–Trinajstić information content (AvgIpc) is 3.00. The van der Waals surface area contributed by atoms with Crippen LogP contribution < -0.4 is 10.1 Å². The summed E-state index contributed by atoms with van der Waals surface area (Å²) in [5.74, 6) is 0.471. The molecule has 4 heteroatoms. The summed E-state index contributed by atoms with van der Waals surface area (Å²) in [6.45, 7) is 2.47. The van der Waals surface area contributed by atoms with Crippen LogP contribution in [0.3, 0.4) is 0 Å². The maximum Gasteiger partial charge on any atom is 0.192 e. The Morgan fingerprint density at radius 1 is 0.964 bits per heavy atom. The number of dihydropyridines is 1. The Hall–Kier alpha value is -3.14. The number of fused-ring (bicyclic) bond motifs is 2. The molecular weight excluding hydrogens is 350 g/mol. The molecule has 0 fully saturated rings. The van der Waals surface area contributed by atoms with Crippen molar-refractivity contribution < 1.29 is 14.3 Å². The number of benzene rings is 2. The summed E-state index contributed by atoms with van der Waals surface area (Å²) < 4.78 is 5.88. The Kier molecular flexibility index (Phi) is 3.93. The van der Waals surface area contributed by atoms with Gasteiger partial charge in [-0.05, 0) is 25.8 Å². The van der Waals surface area contributed by atoms with Crippen LogP contribution in [0, 0.1) is 0 Å². The van der Waals surface area contributed by atoms with E-state index in [1.54, 1.807) is 0 Å². The minimum absolute atomic E-state index is 0.000625. The zero-order chi connectivity index (χ0) is 19.3. The van der Waals surface area contributed by atoms with E-state index in [0.29, 0.717) is 24.2 Å². The number of rotatable bonds is 3. The topological polar surface area (TPSA) is 55.4 Å². The molecule has 0 unspecified atom stereocenters. The van der Waals surface area contributed by atoms with Gasteiger partial charge >= 0.3 is 0 Å². The maximum absolute atomic E-state index is 13.4. The molecule has 2 aromatic carbocycles. The molecule has 140 valence electrons. The molecule has 1 atom stereocenters. The van der Waals surface area contributed by atoms with Crippen LogP contribution in [-0.4, -0.2) is 18.2 Å². The molecule has 1 aliphatic heterocycles. The molecule has 0 bridgehead atoms. The second-order valence-corrected chi connectivity index (χ2v) is 7.36. The number of ether oxygens (including phenoxy) is 1. The van der Waals surface area contributed by atoms with Crippen LogP contribution in [-0.2, 0) is 4.79 Å². The second-order valence-electron chi connectivity index (χ2n) is 7.36. The van der Waals surface area contributed by atoms with Gasteiger partial charge in [-0.25, -0.2) is 0 Å². The number of carbonyl (C=O) groups is 2. The highest BCUT2D eigenvalue weighted by Gasteiger charge is 2.44. The van der Waals surface area contributed by atoms with Gasteiger partial charge in [-0.1, -0.05) is 42.5 Å². The van der Waals surface area contributed by atoms with E-state index in [1.807, 2.05) is 55.5 Å². The van der Waals surface area contributed by atoms with Crippen molar-refractivity contribution in [2.75, 3.05) is 6.61 Å². The summed E-state index contributed by atoms with van der Waals surface area (Å²) in [6.07, 6.45) is 2.18. The lowest BCUT2D eigenvalue weighted by Crippen LogP contribution is -2.31. The van der Waals surface area contributed by atoms with E-state index in [1.165, 1.54) is 0 Å². The molecule has 0 aromatic heterocycles.